The Morgan fingerprint density at radius 2 is 1.80 bits per heavy atom. The molecule has 0 N–H and O–H groups in total. The molecule has 0 saturated heterocycles. The van der Waals surface area contributed by atoms with E-state index in [4.69, 9.17) is 11.2 Å². The van der Waals surface area contributed by atoms with Gasteiger partial charge in [0.15, 0.2) is 5.78 Å². The van der Waals surface area contributed by atoms with Crippen LogP contribution in [0.15, 0.2) is 60.7 Å². The third-order valence-electron chi connectivity index (χ3n) is 2.69. The van der Waals surface area contributed by atoms with E-state index in [9.17, 15) is 4.79 Å². The highest BCUT2D eigenvalue weighted by Crippen LogP contribution is 2.13. The number of carbonyl (C=O) groups is 1. The van der Waals surface area contributed by atoms with Crippen molar-refractivity contribution in [1.29, 1.82) is 0 Å². The standard InChI is InChI=1S/C18H14O2/c1-2-14-20-17-11-9-16(10-12-17)18(19)13-8-15-6-4-3-5-7-15/h1,3-13H,14H2. The zero-order valence-electron chi connectivity index (χ0n) is 11.0. The molecule has 2 rings (SSSR count). The van der Waals surface area contributed by atoms with E-state index in [1.165, 1.54) is 0 Å². The topological polar surface area (TPSA) is 26.3 Å². The second-order valence-electron chi connectivity index (χ2n) is 4.13. The molecule has 2 aromatic carbocycles. The van der Waals surface area contributed by atoms with Gasteiger partial charge in [-0.25, -0.2) is 0 Å². The van der Waals surface area contributed by atoms with Crippen LogP contribution in [0.25, 0.3) is 6.08 Å². The smallest absolute Gasteiger partial charge is 0.185 e. The predicted octanol–water partition coefficient (Wildman–Crippen LogP) is 3.59. The van der Waals surface area contributed by atoms with Crippen LogP contribution in [-0.2, 0) is 0 Å². The number of carbonyl (C=O) groups excluding carboxylic acids is 1. The number of terminal acetylenes is 1. The van der Waals surface area contributed by atoms with E-state index >= 15 is 0 Å². The first-order valence-electron chi connectivity index (χ1n) is 6.23. The van der Waals surface area contributed by atoms with Crippen LogP contribution in [0, 0.1) is 12.3 Å². The van der Waals surface area contributed by atoms with E-state index in [1.54, 1.807) is 36.4 Å². The molecule has 0 aromatic heterocycles. The average Bonchev–Trinajstić information content (AvgIpc) is 2.52. The Kier molecular flexibility index (Phi) is 4.75. The van der Waals surface area contributed by atoms with Crippen molar-refractivity contribution in [1.82, 2.24) is 0 Å². The Bertz CT molecular complexity index is 631. The van der Waals surface area contributed by atoms with E-state index in [2.05, 4.69) is 5.92 Å². The van der Waals surface area contributed by atoms with Gasteiger partial charge in [0.2, 0.25) is 0 Å². The Morgan fingerprint density at radius 1 is 1.10 bits per heavy atom. The second-order valence-corrected chi connectivity index (χ2v) is 4.13. The fraction of sp³-hybridized carbons (Fsp3) is 0.0556. The van der Waals surface area contributed by atoms with Crippen LogP contribution in [0.4, 0.5) is 0 Å². The minimum absolute atomic E-state index is 0.0441. The summed E-state index contributed by atoms with van der Waals surface area (Å²) in [7, 11) is 0. The molecule has 0 amide bonds. The highest BCUT2D eigenvalue weighted by Gasteiger charge is 2.01. The largest absolute Gasteiger partial charge is 0.481 e. The molecule has 0 spiro atoms. The monoisotopic (exact) mass is 262 g/mol. The summed E-state index contributed by atoms with van der Waals surface area (Å²) in [6.45, 7) is 0.223. The number of hydrogen-bond donors (Lipinski definition) is 0. The molecule has 20 heavy (non-hydrogen) atoms. The molecule has 0 fully saturated rings. The minimum Gasteiger partial charge on any atom is -0.481 e. The molecule has 0 heterocycles. The molecule has 0 radical (unpaired) electrons. The molecule has 0 aliphatic carbocycles. The first-order chi connectivity index (χ1) is 9.79. The van der Waals surface area contributed by atoms with E-state index in [0.29, 0.717) is 11.3 Å². The molecule has 2 nitrogen and oxygen atoms in total. The van der Waals surface area contributed by atoms with E-state index in [0.717, 1.165) is 5.56 Å². The Labute approximate surface area is 118 Å². The van der Waals surface area contributed by atoms with Gasteiger partial charge in [0.1, 0.15) is 12.4 Å². The van der Waals surface area contributed by atoms with Crippen LogP contribution in [0.5, 0.6) is 5.75 Å². The van der Waals surface area contributed by atoms with Crippen LogP contribution < -0.4 is 4.74 Å². The molecule has 0 aliphatic heterocycles. The van der Waals surface area contributed by atoms with Gasteiger partial charge in [0, 0.05) is 5.56 Å². The number of rotatable bonds is 5. The van der Waals surface area contributed by atoms with Gasteiger partial charge in [-0.3, -0.25) is 4.79 Å². The molecular formula is C18H14O2. The van der Waals surface area contributed by atoms with Crippen LogP contribution >= 0.6 is 0 Å². The molecule has 0 atom stereocenters. The molecular weight excluding hydrogens is 248 g/mol. The lowest BCUT2D eigenvalue weighted by atomic mass is 10.1. The number of hydrogen-bond acceptors (Lipinski definition) is 2. The lowest BCUT2D eigenvalue weighted by Gasteiger charge is -2.02. The summed E-state index contributed by atoms with van der Waals surface area (Å²) in [6, 6.07) is 16.6. The van der Waals surface area contributed by atoms with Crippen molar-refractivity contribution in [3.63, 3.8) is 0 Å². The number of benzene rings is 2. The van der Waals surface area contributed by atoms with E-state index in [1.807, 2.05) is 30.3 Å². The van der Waals surface area contributed by atoms with Gasteiger partial charge in [0.25, 0.3) is 0 Å². The Morgan fingerprint density at radius 3 is 2.45 bits per heavy atom. The van der Waals surface area contributed by atoms with E-state index < -0.39 is 0 Å². The average molecular weight is 262 g/mol. The predicted molar refractivity (Wildman–Crippen MR) is 80.6 cm³/mol. The molecule has 0 unspecified atom stereocenters. The second kappa shape index (κ2) is 6.96. The Hall–Kier alpha value is -2.79. The number of ether oxygens (including phenoxy) is 1. The molecule has 0 bridgehead atoms. The summed E-state index contributed by atoms with van der Waals surface area (Å²) >= 11 is 0. The molecule has 2 heteroatoms. The summed E-state index contributed by atoms with van der Waals surface area (Å²) in [5.41, 5.74) is 1.61. The third kappa shape index (κ3) is 3.86. The summed E-state index contributed by atoms with van der Waals surface area (Å²) in [6.07, 6.45) is 8.47. The fourth-order valence-corrected chi connectivity index (χ4v) is 1.67. The Balaban J connectivity index is 2.03. The van der Waals surface area contributed by atoms with Gasteiger partial charge in [-0.15, -0.1) is 6.42 Å². The third-order valence-corrected chi connectivity index (χ3v) is 2.69. The van der Waals surface area contributed by atoms with Gasteiger partial charge < -0.3 is 4.74 Å². The summed E-state index contributed by atoms with van der Waals surface area (Å²) in [4.78, 5) is 12.0. The van der Waals surface area contributed by atoms with Gasteiger partial charge in [0.05, 0.1) is 0 Å². The SMILES string of the molecule is C#CCOc1ccc(C(=O)C=Cc2ccccc2)cc1. The first kappa shape index (κ1) is 13.6. The highest BCUT2D eigenvalue weighted by molar-refractivity contribution is 6.06. The van der Waals surface area contributed by atoms with Crippen LogP contribution in [-0.4, -0.2) is 12.4 Å². The van der Waals surface area contributed by atoms with Crippen molar-refractivity contribution in [3.8, 4) is 18.1 Å². The number of allylic oxidation sites excluding steroid dienone is 1. The van der Waals surface area contributed by atoms with Crippen molar-refractivity contribution >= 4 is 11.9 Å². The van der Waals surface area contributed by atoms with Gasteiger partial charge in [-0.05, 0) is 35.9 Å². The first-order valence-corrected chi connectivity index (χ1v) is 6.23. The molecule has 98 valence electrons. The lowest BCUT2D eigenvalue weighted by molar-refractivity contribution is 0.104. The zero-order valence-corrected chi connectivity index (χ0v) is 11.0. The highest BCUT2D eigenvalue weighted by atomic mass is 16.5. The van der Waals surface area contributed by atoms with Crippen molar-refractivity contribution in [2.24, 2.45) is 0 Å². The van der Waals surface area contributed by atoms with Crippen molar-refractivity contribution in [2.75, 3.05) is 6.61 Å². The van der Waals surface area contributed by atoms with E-state index in [-0.39, 0.29) is 12.4 Å². The van der Waals surface area contributed by atoms with Crippen LogP contribution in [0.2, 0.25) is 0 Å². The zero-order chi connectivity index (χ0) is 14.2. The normalized spacial score (nSPS) is 10.2. The molecule has 0 saturated carbocycles. The maximum Gasteiger partial charge on any atom is 0.185 e. The van der Waals surface area contributed by atoms with Gasteiger partial charge in [-0.2, -0.15) is 0 Å². The van der Waals surface area contributed by atoms with Crippen LogP contribution in [0.1, 0.15) is 15.9 Å². The van der Waals surface area contributed by atoms with Crippen molar-refractivity contribution < 1.29 is 9.53 Å². The van der Waals surface area contributed by atoms with Crippen LogP contribution in [0.3, 0.4) is 0 Å². The van der Waals surface area contributed by atoms with Gasteiger partial charge >= 0.3 is 0 Å². The fourth-order valence-electron chi connectivity index (χ4n) is 1.67. The minimum atomic E-state index is -0.0441. The summed E-state index contributed by atoms with van der Waals surface area (Å²) in [5, 5.41) is 0. The maximum atomic E-state index is 12.0. The molecule has 2 aromatic rings. The maximum absolute atomic E-state index is 12.0. The summed E-state index contributed by atoms with van der Waals surface area (Å²) < 4.78 is 5.25. The quantitative estimate of drug-likeness (QED) is 0.467. The lowest BCUT2D eigenvalue weighted by Crippen LogP contribution is -1.96. The van der Waals surface area contributed by atoms with Crippen molar-refractivity contribution in [2.45, 2.75) is 0 Å². The molecule has 0 aliphatic rings. The number of ketones is 1. The van der Waals surface area contributed by atoms with Gasteiger partial charge in [-0.1, -0.05) is 42.3 Å². The summed E-state index contributed by atoms with van der Waals surface area (Å²) in [5.74, 6) is 3.01. The van der Waals surface area contributed by atoms with Crippen molar-refractivity contribution in [3.05, 3.63) is 71.8 Å².